The fourth-order valence-corrected chi connectivity index (χ4v) is 3.14. The lowest BCUT2D eigenvalue weighted by molar-refractivity contribution is 0.0975. The van der Waals surface area contributed by atoms with E-state index in [0.717, 1.165) is 18.2 Å². The highest BCUT2D eigenvalue weighted by atomic mass is 35.5. The Morgan fingerprint density at radius 2 is 2.12 bits per heavy atom. The number of nitrogens with one attached hydrogen (secondary N) is 1. The summed E-state index contributed by atoms with van der Waals surface area (Å²) in [6.45, 7) is 3.58. The number of nitrogens with zero attached hydrogens (tertiary/aromatic N) is 2. The van der Waals surface area contributed by atoms with Gasteiger partial charge < -0.3 is 16.0 Å². The van der Waals surface area contributed by atoms with Gasteiger partial charge in [-0.2, -0.15) is 0 Å². The number of hydrogen-bond donors (Lipinski definition) is 2. The van der Waals surface area contributed by atoms with Crippen LogP contribution in [-0.2, 0) is 0 Å². The van der Waals surface area contributed by atoms with Crippen LogP contribution in [0.15, 0.2) is 12.4 Å². The van der Waals surface area contributed by atoms with Crippen LogP contribution in [0, 0.1) is 5.92 Å². The van der Waals surface area contributed by atoms with Gasteiger partial charge in [0.2, 0.25) is 0 Å². The predicted octanol–water partition coefficient (Wildman–Crippen LogP) is 1.82. The van der Waals surface area contributed by atoms with Crippen molar-refractivity contribution >= 4 is 23.0 Å². The van der Waals surface area contributed by atoms with Crippen LogP contribution >= 0.6 is 11.6 Å². The summed E-state index contributed by atoms with van der Waals surface area (Å²) in [4.78, 5) is 6.48. The quantitative estimate of drug-likeness (QED) is 0.843. The molecular formula is C12H17ClN4. The van der Waals surface area contributed by atoms with Crippen molar-refractivity contribution < 1.29 is 0 Å². The molecule has 3 aliphatic heterocycles. The first-order chi connectivity index (χ1) is 8.24. The Bertz CT molecular complexity index is 395. The first kappa shape index (κ1) is 11.1. The van der Waals surface area contributed by atoms with Gasteiger partial charge in [-0.1, -0.05) is 11.6 Å². The largest absolute Gasteiger partial charge is 0.396 e. The van der Waals surface area contributed by atoms with Crippen LogP contribution in [0.3, 0.4) is 0 Å². The van der Waals surface area contributed by atoms with Crippen LogP contribution in [0.25, 0.3) is 0 Å². The topological polar surface area (TPSA) is 54.2 Å². The number of hydrogen-bond acceptors (Lipinski definition) is 4. The third-order valence-corrected chi connectivity index (χ3v) is 4.20. The number of nitrogens with two attached hydrogens (primary N) is 1. The predicted molar refractivity (Wildman–Crippen MR) is 70.2 cm³/mol. The molecule has 1 aromatic heterocycles. The van der Waals surface area contributed by atoms with E-state index in [-0.39, 0.29) is 0 Å². The highest BCUT2D eigenvalue weighted by Gasteiger charge is 2.34. The van der Waals surface area contributed by atoms with E-state index in [1.807, 2.05) is 0 Å². The summed E-state index contributed by atoms with van der Waals surface area (Å²) in [5, 5.41) is 4.12. The summed E-state index contributed by atoms with van der Waals surface area (Å²) in [7, 11) is 0. The number of aromatic nitrogens is 1. The van der Waals surface area contributed by atoms with E-state index in [9.17, 15) is 0 Å². The second-order valence-corrected chi connectivity index (χ2v) is 5.38. The van der Waals surface area contributed by atoms with Crippen molar-refractivity contribution in [1.82, 2.24) is 9.88 Å². The maximum Gasteiger partial charge on any atom is 0.0841 e. The van der Waals surface area contributed by atoms with Gasteiger partial charge in [0.05, 0.1) is 22.6 Å². The molecule has 0 saturated carbocycles. The van der Waals surface area contributed by atoms with Gasteiger partial charge in [0.15, 0.2) is 0 Å². The van der Waals surface area contributed by atoms with Crippen molar-refractivity contribution in [2.45, 2.75) is 18.9 Å². The van der Waals surface area contributed by atoms with Gasteiger partial charge in [0.1, 0.15) is 0 Å². The van der Waals surface area contributed by atoms with Crippen LogP contribution in [0.2, 0.25) is 5.02 Å². The molecule has 1 aromatic rings. The molecule has 4 rings (SSSR count). The molecular weight excluding hydrogens is 236 g/mol. The van der Waals surface area contributed by atoms with E-state index in [2.05, 4.69) is 15.2 Å². The highest BCUT2D eigenvalue weighted by molar-refractivity contribution is 6.33. The van der Waals surface area contributed by atoms with E-state index in [1.54, 1.807) is 12.4 Å². The first-order valence-electron chi connectivity index (χ1n) is 6.12. The van der Waals surface area contributed by atoms with Crippen molar-refractivity contribution in [2.24, 2.45) is 5.92 Å². The maximum absolute atomic E-state index is 6.13. The van der Waals surface area contributed by atoms with Crippen molar-refractivity contribution in [3.63, 3.8) is 0 Å². The van der Waals surface area contributed by atoms with Gasteiger partial charge >= 0.3 is 0 Å². The van der Waals surface area contributed by atoms with Gasteiger partial charge in [-0.15, -0.1) is 0 Å². The van der Waals surface area contributed by atoms with Gasteiger partial charge in [-0.05, 0) is 31.8 Å². The van der Waals surface area contributed by atoms with Crippen LogP contribution in [-0.4, -0.2) is 35.6 Å². The Morgan fingerprint density at radius 1 is 1.35 bits per heavy atom. The van der Waals surface area contributed by atoms with E-state index in [0.29, 0.717) is 16.8 Å². The molecule has 92 valence electrons. The fraction of sp³-hybridized carbons (Fsp3) is 0.583. The summed E-state index contributed by atoms with van der Waals surface area (Å²) in [5.74, 6) is 0.753. The minimum absolute atomic E-state index is 0.472. The Labute approximate surface area is 106 Å². The summed E-state index contributed by atoms with van der Waals surface area (Å²) in [6, 6.07) is 0.472. The fourth-order valence-electron chi connectivity index (χ4n) is 2.92. The van der Waals surface area contributed by atoms with Crippen molar-refractivity contribution in [3.05, 3.63) is 17.4 Å². The Kier molecular flexibility index (Phi) is 2.84. The minimum atomic E-state index is 0.472. The summed E-state index contributed by atoms with van der Waals surface area (Å²) in [5.41, 5.74) is 7.39. The highest BCUT2D eigenvalue weighted by Crippen LogP contribution is 2.33. The number of rotatable bonds is 2. The smallest absolute Gasteiger partial charge is 0.0841 e. The second-order valence-electron chi connectivity index (χ2n) is 4.97. The zero-order valence-corrected chi connectivity index (χ0v) is 10.5. The molecule has 1 unspecified atom stereocenters. The number of halogens is 1. The molecule has 4 nitrogen and oxygen atoms in total. The molecule has 1 atom stereocenters. The van der Waals surface area contributed by atoms with Gasteiger partial charge in [-0.25, -0.2) is 0 Å². The lowest BCUT2D eigenvalue weighted by atomic mass is 9.84. The molecule has 3 fully saturated rings. The molecule has 5 heteroatoms. The monoisotopic (exact) mass is 252 g/mol. The minimum Gasteiger partial charge on any atom is -0.396 e. The number of fused-ring (bicyclic) bond motifs is 3. The van der Waals surface area contributed by atoms with Gasteiger partial charge in [0.25, 0.3) is 0 Å². The van der Waals surface area contributed by atoms with Crippen molar-refractivity contribution in [3.8, 4) is 0 Å². The molecule has 0 aromatic carbocycles. The molecule has 0 aliphatic carbocycles. The SMILES string of the molecule is Nc1cncc(Cl)c1NC1CN2CCC1CC2. The molecule has 0 spiro atoms. The van der Waals surface area contributed by atoms with Crippen LogP contribution in [0.1, 0.15) is 12.8 Å². The van der Waals surface area contributed by atoms with Gasteiger partial charge in [0, 0.05) is 18.8 Å². The second kappa shape index (κ2) is 4.35. The summed E-state index contributed by atoms with van der Waals surface area (Å²) >= 11 is 6.13. The molecule has 17 heavy (non-hydrogen) atoms. The van der Waals surface area contributed by atoms with Crippen molar-refractivity contribution in [1.29, 1.82) is 0 Å². The zero-order valence-electron chi connectivity index (χ0n) is 9.69. The molecule has 3 N–H and O–H groups in total. The zero-order chi connectivity index (χ0) is 11.8. The van der Waals surface area contributed by atoms with E-state index in [4.69, 9.17) is 17.3 Å². The average Bonchev–Trinajstić information content (AvgIpc) is 2.36. The van der Waals surface area contributed by atoms with Crippen LogP contribution in [0.4, 0.5) is 11.4 Å². The van der Waals surface area contributed by atoms with Gasteiger partial charge in [-0.3, -0.25) is 4.98 Å². The Balaban J connectivity index is 1.79. The van der Waals surface area contributed by atoms with E-state index < -0.39 is 0 Å². The molecule has 4 heterocycles. The number of anilines is 2. The average molecular weight is 253 g/mol. The molecule has 3 saturated heterocycles. The lowest BCUT2D eigenvalue weighted by Gasteiger charge is -2.45. The molecule has 3 aliphatic rings. The molecule has 2 bridgehead atoms. The molecule has 0 radical (unpaired) electrons. The van der Waals surface area contributed by atoms with Crippen LogP contribution in [0.5, 0.6) is 0 Å². The maximum atomic E-state index is 6.13. The third-order valence-electron chi connectivity index (χ3n) is 3.91. The van der Waals surface area contributed by atoms with E-state index >= 15 is 0 Å². The van der Waals surface area contributed by atoms with E-state index in [1.165, 1.54) is 25.9 Å². The first-order valence-corrected chi connectivity index (χ1v) is 6.49. The number of pyridine rings is 1. The van der Waals surface area contributed by atoms with Crippen molar-refractivity contribution in [2.75, 3.05) is 30.7 Å². The summed E-state index contributed by atoms with van der Waals surface area (Å²) in [6.07, 6.45) is 5.84. The third kappa shape index (κ3) is 2.07. The Hall–Kier alpha value is -1.00. The lowest BCUT2D eigenvalue weighted by Crippen LogP contribution is -2.53. The standard InChI is InChI=1S/C12H17ClN4/c13-9-5-15-6-10(14)12(9)16-11-7-17-3-1-8(11)2-4-17/h5-6,8,11H,1-4,7,14H2,(H,15,16). The normalized spacial score (nSPS) is 31.5. The number of piperidine rings is 3. The Morgan fingerprint density at radius 3 is 2.71 bits per heavy atom. The van der Waals surface area contributed by atoms with Crippen LogP contribution < -0.4 is 11.1 Å². The molecule has 0 amide bonds. The number of nitrogen functional groups attached to an aromatic ring is 1. The summed E-state index contributed by atoms with van der Waals surface area (Å²) < 4.78 is 0.